The zero-order valence-corrected chi connectivity index (χ0v) is 21.8. The molecule has 0 saturated carbocycles. The predicted octanol–water partition coefficient (Wildman–Crippen LogP) is 5.89. The number of aromatic nitrogens is 3. The molecule has 194 valence electrons. The third kappa shape index (κ3) is 6.98. The molecule has 1 aliphatic heterocycles. The Hall–Kier alpha value is -3.65. The zero-order chi connectivity index (χ0) is 25.7. The van der Waals surface area contributed by atoms with Gasteiger partial charge < -0.3 is 19.9 Å². The number of anilines is 2. The van der Waals surface area contributed by atoms with Crippen molar-refractivity contribution in [2.24, 2.45) is 5.10 Å². The van der Waals surface area contributed by atoms with Gasteiger partial charge in [0.05, 0.1) is 12.3 Å². The molecule has 1 aliphatic rings. The molecule has 0 bridgehead atoms. The van der Waals surface area contributed by atoms with Gasteiger partial charge in [0.2, 0.25) is 0 Å². The fourth-order valence-corrected chi connectivity index (χ4v) is 3.16. The smallest absolute Gasteiger partial charge is 0.128 e. The summed E-state index contributed by atoms with van der Waals surface area (Å²) in [6.45, 7) is 5.62. The van der Waals surface area contributed by atoms with Gasteiger partial charge in [-0.05, 0) is 35.5 Å². The van der Waals surface area contributed by atoms with Crippen LogP contribution in [0.2, 0.25) is 0 Å². The average Bonchev–Trinajstić information content (AvgIpc) is 3.35. The quantitative estimate of drug-likeness (QED) is 0.152. The van der Waals surface area contributed by atoms with Crippen LogP contribution in [-0.2, 0) is 21.1 Å². The molecule has 0 atom stereocenters. The predicted molar refractivity (Wildman–Crippen MR) is 127 cm³/mol. The first kappa shape index (κ1) is 27.9. The van der Waals surface area contributed by atoms with Crippen LogP contribution in [0.25, 0.3) is 11.3 Å². The van der Waals surface area contributed by atoms with Crippen LogP contribution in [-0.4, -0.2) is 21.3 Å². The van der Waals surface area contributed by atoms with Crippen molar-refractivity contribution in [1.82, 2.24) is 15.0 Å². The second kappa shape index (κ2) is 12.5. The van der Waals surface area contributed by atoms with E-state index in [4.69, 9.17) is 0 Å². The van der Waals surface area contributed by atoms with Crippen LogP contribution in [0.1, 0.15) is 25.3 Å². The number of pyridine rings is 3. The Morgan fingerprint density at radius 2 is 1.57 bits per heavy atom. The molecule has 0 amide bonds. The van der Waals surface area contributed by atoms with Crippen molar-refractivity contribution >= 4 is 17.7 Å². The molecule has 5 rings (SSSR count). The molecule has 3 aromatic heterocycles. The number of rotatable bonds is 4. The van der Waals surface area contributed by atoms with E-state index in [1.807, 2.05) is 50.2 Å². The number of hydrogen-bond acceptors (Lipinski definition) is 6. The van der Waals surface area contributed by atoms with Crippen molar-refractivity contribution < 1.29 is 38.6 Å². The zero-order valence-electron chi connectivity index (χ0n) is 19.5. The van der Waals surface area contributed by atoms with Gasteiger partial charge in [0, 0.05) is 32.9 Å². The maximum Gasteiger partial charge on any atom is 0.128 e. The third-order valence-corrected chi connectivity index (χ3v) is 5.00. The van der Waals surface area contributed by atoms with E-state index in [1.54, 1.807) is 23.8 Å². The second-order valence-corrected chi connectivity index (χ2v) is 7.81. The Labute approximate surface area is 226 Å². The van der Waals surface area contributed by atoms with Crippen molar-refractivity contribution in [1.29, 1.82) is 0 Å². The van der Waals surface area contributed by atoms with E-state index in [9.17, 15) is 17.6 Å². The van der Waals surface area contributed by atoms with E-state index < -0.39 is 23.8 Å². The van der Waals surface area contributed by atoms with Crippen LogP contribution in [0.4, 0.5) is 28.9 Å². The fourth-order valence-electron chi connectivity index (χ4n) is 3.16. The van der Waals surface area contributed by atoms with Crippen LogP contribution in [0, 0.1) is 42.6 Å². The Morgan fingerprint density at radius 3 is 2.22 bits per heavy atom. The van der Waals surface area contributed by atoms with Crippen molar-refractivity contribution in [2.45, 2.75) is 19.8 Å². The van der Waals surface area contributed by atoms with Crippen molar-refractivity contribution in [3.63, 3.8) is 0 Å². The van der Waals surface area contributed by atoms with Crippen LogP contribution in [0.5, 0.6) is 0 Å². The van der Waals surface area contributed by atoms with Gasteiger partial charge in [-0.2, -0.15) is 11.2 Å². The maximum absolute atomic E-state index is 13.5. The van der Waals surface area contributed by atoms with Crippen molar-refractivity contribution in [3.05, 3.63) is 109 Å². The molecule has 0 N–H and O–H groups in total. The number of hydrazone groups is 1. The van der Waals surface area contributed by atoms with E-state index in [-0.39, 0.29) is 32.3 Å². The number of benzene rings is 1. The number of hydrogen-bond donors (Lipinski definition) is 0. The Balaban J connectivity index is 0.000000201. The van der Waals surface area contributed by atoms with Gasteiger partial charge in [0.15, 0.2) is 0 Å². The van der Waals surface area contributed by atoms with Gasteiger partial charge in [-0.25, -0.2) is 8.78 Å². The largest absolute Gasteiger partial charge is 0.463 e. The van der Waals surface area contributed by atoms with Gasteiger partial charge in [-0.15, -0.1) is 18.8 Å². The minimum atomic E-state index is -0.955. The van der Waals surface area contributed by atoms with Crippen LogP contribution < -0.4 is 9.91 Å². The molecule has 0 aliphatic carbocycles. The Bertz CT molecular complexity index is 1370. The van der Waals surface area contributed by atoms with Gasteiger partial charge in [-0.1, -0.05) is 55.3 Å². The summed E-state index contributed by atoms with van der Waals surface area (Å²) >= 11 is 0. The van der Waals surface area contributed by atoms with Gasteiger partial charge >= 0.3 is 0 Å². The normalized spacial score (nSPS) is 12.3. The van der Waals surface area contributed by atoms with E-state index in [0.717, 1.165) is 23.4 Å². The molecule has 11 heteroatoms. The maximum atomic E-state index is 13.5. The van der Waals surface area contributed by atoms with Crippen LogP contribution >= 0.6 is 0 Å². The van der Waals surface area contributed by atoms with E-state index >= 15 is 0 Å². The average molecular weight is 687 g/mol. The standard InChI is InChI=1S/C13H8F2N4.C13H11F2N2.Pt/c14-12-7-6-11(13(15)17-12)19-9-18(8-16-19)10-4-2-1-3-5-10;1-8(2)9-5-6-16-11(7-9)10-3-4-12(14)17-13(10)15;/h1-5,7-9H;4-8H,1-2H3;/q-2;-1;. The first-order valence-electron chi connectivity index (χ1n) is 10.8. The molecule has 0 radical (unpaired) electrons. The number of halogens is 4. The number of nitrogens with zero attached hydrogens (tertiary/aromatic N) is 6. The summed E-state index contributed by atoms with van der Waals surface area (Å²) < 4.78 is 52.3. The minimum absolute atomic E-state index is 0. The molecular formula is C26H19F4N6Pt-3. The molecule has 6 nitrogen and oxygen atoms in total. The minimum Gasteiger partial charge on any atom is -0.463 e. The second-order valence-electron chi connectivity index (χ2n) is 7.81. The third-order valence-electron chi connectivity index (χ3n) is 5.00. The molecule has 0 spiro atoms. The van der Waals surface area contributed by atoms with E-state index in [2.05, 4.69) is 32.2 Å². The topological polar surface area (TPSA) is 57.5 Å². The first-order chi connectivity index (χ1) is 17.3. The molecule has 37 heavy (non-hydrogen) atoms. The summed E-state index contributed by atoms with van der Waals surface area (Å²) in [5.74, 6) is -3.33. The van der Waals surface area contributed by atoms with E-state index in [0.29, 0.717) is 11.6 Å². The Kier molecular flexibility index (Phi) is 9.47. The molecule has 0 unspecified atom stereocenters. The van der Waals surface area contributed by atoms with E-state index in [1.165, 1.54) is 11.3 Å². The van der Waals surface area contributed by atoms with Crippen molar-refractivity contribution in [3.8, 4) is 11.3 Å². The SMILES string of the molecule is CC(C)c1ccnc(-c2[c-]cc(F)nc2F)c1.Fc1c[c-]c(N2[CH-]N(c3ccccc3)C=N2)c(F)n1.[Pt]. The van der Waals surface area contributed by atoms with Gasteiger partial charge in [-0.3, -0.25) is 13.8 Å². The summed E-state index contributed by atoms with van der Waals surface area (Å²) in [6, 6.07) is 20.0. The summed E-state index contributed by atoms with van der Waals surface area (Å²) in [6.07, 6.45) is 3.12. The van der Waals surface area contributed by atoms with Crippen molar-refractivity contribution in [2.75, 3.05) is 9.91 Å². The molecule has 4 aromatic rings. The monoisotopic (exact) mass is 686 g/mol. The first-order valence-corrected chi connectivity index (χ1v) is 10.8. The van der Waals surface area contributed by atoms with Gasteiger partial charge in [0.25, 0.3) is 0 Å². The fraction of sp³-hybridized carbons (Fsp3) is 0.115. The number of para-hydroxylation sites is 1. The Morgan fingerprint density at radius 1 is 0.892 bits per heavy atom. The summed E-state index contributed by atoms with van der Waals surface area (Å²) in [4.78, 5) is 12.0. The summed E-state index contributed by atoms with van der Waals surface area (Å²) in [5, 5.41) is 5.24. The molecule has 4 heterocycles. The molecular weight excluding hydrogens is 667 g/mol. The van der Waals surface area contributed by atoms with Crippen LogP contribution in [0.3, 0.4) is 0 Å². The summed E-state index contributed by atoms with van der Waals surface area (Å²) in [7, 11) is 0. The van der Waals surface area contributed by atoms with Gasteiger partial charge in [0.1, 0.15) is 17.8 Å². The van der Waals surface area contributed by atoms with Crippen LogP contribution in [0.15, 0.2) is 65.9 Å². The summed E-state index contributed by atoms with van der Waals surface area (Å²) in [5.41, 5.74) is 2.39. The molecule has 0 saturated heterocycles. The molecule has 1 aromatic carbocycles. The molecule has 0 fully saturated rings.